The van der Waals surface area contributed by atoms with E-state index in [4.69, 9.17) is 24.4 Å². The van der Waals surface area contributed by atoms with E-state index in [-0.39, 0.29) is 5.54 Å². The van der Waals surface area contributed by atoms with Crippen molar-refractivity contribution >= 4 is 40.2 Å². The standard InChI is InChI=1S/C12H15N3S2/c1-7-5-9(6-8(2)13-7)15-10(16)12(3,4)14-11(15)17/h5-6H,1-4H3,(H,14,17). The predicted octanol–water partition coefficient (Wildman–Crippen LogP) is 2.50. The van der Waals surface area contributed by atoms with Gasteiger partial charge in [0, 0.05) is 11.4 Å². The van der Waals surface area contributed by atoms with Gasteiger partial charge in [0.05, 0.1) is 11.2 Å². The average Bonchev–Trinajstić information content (AvgIpc) is 2.34. The van der Waals surface area contributed by atoms with Gasteiger partial charge in [-0.1, -0.05) is 12.2 Å². The van der Waals surface area contributed by atoms with Gasteiger partial charge in [-0.05, 0) is 52.0 Å². The van der Waals surface area contributed by atoms with Crippen molar-refractivity contribution in [1.82, 2.24) is 10.3 Å². The number of nitrogens with zero attached hydrogens (tertiary/aromatic N) is 2. The molecule has 0 unspecified atom stereocenters. The van der Waals surface area contributed by atoms with E-state index in [1.165, 1.54) is 0 Å². The first kappa shape index (κ1) is 12.4. The third-order valence-corrected chi connectivity index (χ3v) is 3.66. The van der Waals surface area contributed by atoms with Crippen LogP contribution in [0.1, 0.15) is 25.2 Å². The van der Waals surface area contributed by atoms with Crippen molar-refractivity contribution in [2.75, 3.05) is 4.90 Å². The molecule has 1 aromatic rings. The molecule has 1 saturated heterocycles. The van der Waals surface area contributed by atoms with Crippen molar-refractivity contribution < 1.29 is 0 Å². The van der Waals surface area contributed by atoms with Gasteiger partial charge >= 0.3 is 0 Å². The highest BCUT2D eigenvalue weighted by atomic mass is 32.1. The van der Waals surface area contributed by atoms with E-state index in [0.29, 0.717) is 5.11 Å². The number of thiocarbonyl (C=S) groups is 2. The molecule has 1 N–H and O–H groups in total. The van der Waals surface area contributed by atoms with Gasteiger partial charge in [-0.15, -0.1) is 0 Å². The summed E-state index contributed by atoms with van der Waals surface area (Å²) in [6, 6.07) is 3.99. The largest absolute Gasteiger partial charge is 0.351 e. The quantitative estimate of drug-likeness (QED) is 0.788. The van der Waals surface area contributed by atoms with Crippen molar-refractivity contribution in [3.63, 3.8) is 0 Å². The molecule has 1 aliphatic heterocycles. The van der Waals surface area contributed by atoms with Crippen molar-refractivity contribution in [2.45, 2.75) is 33.2 Å². The van der Waals surface area contributed by atoms with Crippen LogP contribution in [0.25, 0.3) is 0 Å². The molecule has 5 heteroatoms. The molecule has 17 heavy (non-hydrogen) atoms. The molecule has 3 nitrogen and oxygen atoms in total. The topological polar surface area (TPSA) is 28.2 Å². The van der Waals surface area contributed by atoms with E-state index in [1.54, 1.807) is 0 Å². The zero-order valence-corrected chi connectivity index (χ0v) is 12.0. The summed E-state index contributed by atoms with van der Waals surface area (Å²) in [6.45, 7) is 8.00. The second-order valence-electron chi connectivity index (χ2n) is 4.80. The van der Waals surface area contributed by atoms with E-state index in [2.05, 4.69) is 10.3 Å². The fraction of sp³-hybridized carbons (Fsp3) is 0.417. The number of aryl methyl sites for hydroxylation is 2. The van der Waals surface area contributed by atoms with Gasteiger partial charge in [0.1, 0.15) is 4.99 Å². The summed E-state index contributed by atoms with van der Waals surface area (Å²) < 4.78 is 0. The Bertz CT molecular complexity index is 488. The number of rotatable bonds is 1. The van der Waals surface area contributed by atoms with Crippen LogP contribution in [-0.2, 0) is 0 Å². The Hall–Kier alpha value is -1.07. The molecule has 1 fully saturated rings. The molecule has 0 aliphatic carbocycles. The lowest BCUT2D eigenvalue weighted by atomic mass is 10.1. The maximum atomic E-state index is 5.48. The summed E-state index contributed by atoms with van der Waals surface area (Å²) in [5, 5.41) is 3.88. The molecule has 0 radical (unpaired) electrons. The minimum absolute atomic E-state index is 0.266. The van der Waals surface area contributed by atoms with Crippen LogP contribution >= 0.6 is 24.4 Å². The third kappa shape index (κ3) is 2.17. The molecule has 0 atom stereocenters. The Labute approximate surface area is 112 Å². The molecule has 2 rings (SSSR count). The van der Waals surface area contributed by atoms with Gasteiger partial charge in [0.2, 0.25) is 0 Å². The fourth-order valence-corrected chi connectivity index (χ4v) is 2.68. The lowest BCUT2D eigenvalue weighted by Crippen LogP contribution is -2.39. The highest BCUT2D eigenvalue weighted by Gasteiger charge is 2.39. The van der Waals surface area contributed by atoms with E-state index in [1.807, 2.05) is 44.7 Å². The number of anilines is 1. The van der Waals surface area contributed by atoms with Gasteiger partial charge in [-0.3, -0.25) is 9.88 Å². The number of aromatic nitrogens is 1. The second kappa shape index (κ2) is 3.99. The Morgan fingerprint density at radius 2 is 1.71 bits per heavy atom. The summed E-state index contributed by atoms with van der Waals surface area (Å²) >= 11 is 10.8. The molecule has 0 bridgehead atoms. The minimum Gasteiger partial charge on any atom is -0.351 e. The summed E-state index contributed by atoms with van der Waals surface area (Å²) in [6.07, 6.45) is 0. The fourth-order valence-electron chi connectivity index (χ4n) is 1.92. The van der Waals surface area contributed by atoms with Crippen LogP contribution in [0, 0.1) is 13.8 Å². The van der Waals surface area contributed by atoms with E-state index < -0.39 is 0 Å². The molecule has 1 aliphatic rings. The van der Waals surface area contributed by atoms with Crippen LogP contribution in [-0.4, -0.2) is 20.6 Å². The van der Waals surface area contributed by atoms with Crippen LogP contribution in [0.4, 0.5) is 5.69 Å². The number of hydrogen-bond donors (Lipinski definition) is 1. The number of pyridine rings is 1. The van der Waals surface area contributed by atoms with Crippen molar-refractivity contribution in [3.8, 4) is 0 Å². The first-order valence-corrected chi connectivity index (χ1v) is 6.25. The van der Waals surface area contributed by atoms with Gasteiger partial charge < -0.3 is 5.32 Å². The summed E-state index contributed by atoms with van der Waals surface area (Å²) in [7, 11) is 0. The van der Waals surface area contributed by atoms with E-state index in [0.717, 1.165) is 22.1 Å². The second-order valence-corrected chi connectivity index (χ2v) is 5.58. The maximum Gasteiger partial charge on any atom is 0.179 e. The van der Waals surface area contributed by atoms with Crippen molar-refractivity contribution in [2.24, 2.45) is 0 Å². The SMILES string of the molecule is Cc1cc(N2C(=S)NC(C)(C)C2=S)cc(C)n1. The molecule has 0 saturated carbocycles. The molecule has 0 aromatic carbocycles. The first-order chi connectivity index (χ1) is 7.81. The summed E-state index contributed by atoms with van der Waals surface area (Å²) in [5.74, 6) is 0. The smallest absolute Gasteiger partial charge is 0.179 e. The lowest BCUT2D eigenvalue weighted by Gasteiger charge is -2.20. The molecule has 0 spiro atoms. The monoisotopic (exact) mass is 265 g/mol. The predicted molar refractivity (Wildman–Crippen MR) is 78.6 cm³/mol. The van der Waals surface area contributed by atoms with Crippen LogP contribution < -0.4 is 10.2 Å². The lowest BCUT2D eigenvalue weighted by molar-refractivity contribution is 0.647. The van der Waals surface area contributed by atoms with Crippen LogP contribution in [0.2, 0.25) is 0 Å². The van der Waals surface area contributed by atoms with Crippen LogP contribution in [0.15, 0.2) is 12.1 Å². The van der Waals surface area contributed by atoms with Gasteiger partial charge in [0.25, 0.3) is 0 Å². The van der Waals surface area contributed by atoms with E-state index >= 15 is 0 Å². The van der Waals surface area contributed by atoms with E-state index in [9.17, 15) is 0 Å². The molecular weight excluding hydrogens is 250 g/mol. The third-order valence-electron chi connectivity index (χ3n) is 2.68. The minimum atomic E-state index is -0.266. The number of nitrogens with one attached hydrogen (secondary N) is 1. The van der Waals surface area contributed by atoms with Gasteiger partial charge in [-0.2, -0.15) is 0 Å². The van der Waals surface area contributed by atoms with Crippen molar-refractivity contribution in [3.05, 3.63) is 23.5 Å². The molecule has 1 aromatic heterocycles. The average molecular weight is 265 g/mol. The number of hydrogen-bond acceptors (Lipinski definition) is 3. The molecular formula is C12H15N3S2. The Morgan fingerprint density at radius 3 is 2.12 bits per heavy atom. The summed E-state index contributed by atoms with van der Waals surface area (Å²) in [4.78, 5) is 7.07. The first-order valence-electron chi connectivity index (χ1n) is 5.43. The Kier molecular flexibility index (Phi) is 2.91. The Balaban J connectivity index is 2.47. The van der Waals surface area contributed by atoms with Gasteiger partial charge in [0.15, 0.2) is 5.11 Å². The Morgan fingerprint density at radius 1 is 1.18 bits per heavy atom. The molecule has 2 heterocycles. The normalized spacial score (nSPS) is 18.5. The van der Waals surface area contributed by atoms with Crippen LogP contribution in [0.5, 0.6) is 0 Å². The highest BCUT2D eigenvalue weighted by molar-refractivity contribution is 7.83. The maximum absolute atomic E-state index is 5.48. The molecule has 90 valence electrons. The highest BCUT2D eigenvalue weighted by Crippen LogP contribution is 2.26. The van der Waals surface area contributed by atoms with Crippen molar-refractivity contribution in [1.29, 1.82) is 0 Å². The summed E-state index contributed by atoms with van der Waals surface area (Å²) in [5.41, 5.74) is 2.66. The molecule has 0 amide bonds. The van der Waals surface area contributed by atoms with Crippen LogP contribution in [0.3, 0.4) is 0 Å². The zero-order valence-electron chi connectivity index (χ0n) is 10.4. The van der Waals surface area contributed by atoms with Gasteiger partial charge in [-0.25, -0.2) is 0 Å². The zero-order chi connectivity index (χ0) is 12.8.